The Hall–Kier alpha value is -3.65. The number of hydrogen-bond donors (Lipinski definition) is 1. The van der Waals surface area contributed by atoms with Gasteiger partial charge in [0.2, 0.25) is 0 Å². The Labute approximate surface area is 184 Å². The lowest BCUT2D eigenvalue weighted by atomic mass is 10.0. The fraction of sp³-hybridized carbons (Fsp3) is 0.0435. The van der Waals surface area contributed by atoms with Crippen molar-refractivity contribution in [3.63, 3.8) is 0 Å². The molecular formula is C23H13ClF4N2O2. The van der Waals surface area contributed by atoms with Crippen LogP contribution in [0.25, 0.3) is 5.57 Å². The zero-order valence-corrected chi connectivity index (χ0v) is 16.8. The van der Waals surface area contributed by atoms with E-state index in [-0.39, 0.29) is 33.2 Å². The number of nitrogens with one attached hydrogen (secondary N) is 1. The van der Waals surface area contributed by atoms with E-state index in [4.69, 9.17) is 11.6 Å². The third-order valence-corrected chi connectivity index (χ3v) is 5.09. The Balaban J connectivity index is 1.83. The van der Waals surface area contributed by atoms with Crippen LogP contribution in [0, 0.1) is 5.82 Å². The first-order valence-corrected chi connectivity index (χ1v) is 9.62. The van der Waals surface area contributed by atoms with Crippen LogP contribution in [0.4, 0.5) is 28.9 Å². The molecule has 0 fully saturated rings. The van der Waals surface area contributed by atoms with Crippen molar-refractivity contribution < 1.29 is 27.2 Å². The standard InChI is InChI=1S/C23H13ClF4N2O2/c24-17-6-1-2-7-18(17)30-21(31)19(13-8-10-15(25)11-9-13)20(22(30)32)29-16-5-3-4-14(12-16)23(26,27)28/h1-12,29H. The van der Waals surface area contributed by atoms with E-state index in [1.54, 1.807) is 12.1 Å². The highest BCUT2D eigenvalue weighted by atomic mass is 35.5. The van der Waals surface area contributed by atoms with Crippen LogP contribution in [0.2, 0.25) is 5.02 Å². The van der Waals surface area contributed by atoms with Gasteiger partial charge >= 0.3 is 6.18 Å². The highest BCUT2D eigenvalue weighted by Crippen LogP contribution is 2.37. The van der Waals surface area contributed by atoms with Gasteiger partial charge in [-0.05, 0) is 48.0 Å². The molecule has 1 N–H and O–H groups in total. The number of carbonyl (C=O) groups excluding carboxylic acids is 2. The van der Waals surface area contributed by atoms with Crippen molar-refractivity contribution in [2.75, 3.05) is 10.2 Å². The first-order valence-electron chi connectivity index (χ1n) is 9.24. The van der Waals surface area contributed by atoms with E-state index >= 15 is 0 Å². The van der Waals surface area contributed by atoms with E-state index in [0.717, 1.165) is 29.2 Å². The summed E-state index contributed by atoms with van der Waals surface area (Å²) in [6, 6.07) is 15.2. The van der Waals surface area contributed by atoms with E-state index in [0.29, 0.717) is 0 Å². The van der Waals surface area contributed by atoms with Crippen LogP contribution < -0.4 is 10.2 Å². The van der Waals surface area contributed by atoms with Gasteiger partial charge in [0.1, 0.15) is 11.5 Å². The highest BCUT2D eigenvalue weighted by molar-refractivity contribution is 6.48. The number of carbonyl (C=O) groups is 2. The molecule has 1 aliphatic heterocycles. The van der Waals surface area contributed by atoms with Crippen LogP contribution in [-0.2, 0) is 15.8 Å². The Morgan fingerprint density at radius 1 is 0.844 bits per heavy atom. The minimum atomic E-state index is -4.59. The Morgan fingerprint density at radius 3 is 2.19 bits per heavy atom. The number of alkyl halides is 3. The maximum absolute atomic E-state index is 13.4. The smallest absolute Gasteiger partial charge is 0.350 e. The van der Waals surface area contributed by atoms with Crippen molar-refractivity contribution in [1.82, 2.24) is 0 Å². The van der Waals surface area contributed by atoms with E-state index in [2.05, 4.69) is 5.32 Å². The van der Waals surface area contributed by atoms with Gasteiger partial charge in [-0.15, -0.1) is 0 Å². The van der Waals surface area contributed by atoms with Gasteiger partial charge in [0.15, 0.2) is 0 Å². The molecule has 9 heteroatoms. The molecule has 3 aromatic rings. The van der Waals surface area contributed by atoms with Gasteiger partial charge < -0.3 is 5.32 Å². The second kappa shape index (κ2) is 8.12. The predicted octanol–water partition coefficient (Wildman–Crippen LogP) is 5.89. The molecule has 0 aromatic heterocycles. The second-order valence-corrected chi connectivity index (χ2v) is 7.26. The normalized spacial score (nSPS) is 14.3. The van der Waals surface area contributed by atoms with E-state index < -0.39 is 29.4 Å². The lowest BCUT2D eigenvalue weighted by Crippen LogP contribution is -2.32. The predicted molar refractivity (Wildman–Crippen MR) is 112 cm³/mol. The second-order valence-electron chi connectivity index (χ2n) is 6.86. The average Bonchev–Trinajstić information content (AvgIpc) is 2.98. The minimum Gasteiger partial charge on any atom is -0.350 e. The number of anilines is 2. The topological polar surface area (TPSA) is 49.4 Å². The molecule has 3 aromatic carbocycles. The molecule has 0 bridgehead atoms. The Morgan fingerprint density at radius 2 is 1.53 bits per heavy atom. The first-order chi connectivity index (χ1) is 15.2. The SMILES string of the molecule is O=C1C(Nc2cccc(C(F)(F)F)c2)=C(c2ccc(F)cc2)C(=O)N1c1ccccc1Cl. The molecular weight excluding hydrogens is 448 g/mol. The number of benzene rings is 3. The summed E-state index contributed by atoms with van der Waals surface area (Å²) in [5.74, 6) is -2.11. The fourth-order valence-corrected chi connectivity index (χ4v) is 3.52. The molecule has 0 saturated carbocycles. The maximum atomic E-state index is 13.4. The number of hydrogen-bond acceptors (Lipinski definition) is 3. The van der Waals surface area contributed by atoms with Crippen molar-refractivity contribution in [3.8, 4) is 0 Å². The third-order valence-electron chi connectivity index (χ3n) is 4.77. The Bertz CT molecular complexity index is 1250. The molecule has 0 radical (unpaired) electrons. The maximum Gasteiger partial charge on any atom is 0.416 e. The van der Waals surface area contributed by atoms with E-state index in [9.17, 15) is 27.2 Å². The van der Waals surface area contributed by atoms with Crippen molar-refractivity contribution in [3.05, 3.63) is 100 Å². The Kier molecular flexibility index (Phi) is 5.48. The van der Waals surface area contributed by atoms with Crippen molar-refractivity contribution in [2.45, 2.75) is 6.18 Å². The number of nitrogens with zero attached hydrogens (tertiary/aromatic N) is 1. The molecule has 0 aliphatic carbocycles. The number of para-hydroxylation sites is 1. The van der Waals surface area contributed by atoms with Gasteiger partial charge in [-0.1, -0.05) is 41.9 Å². The van der Waals surface area contributed by atoms with Gasteiger partial charge in [-0.2, -0.15) is 13.2 Å². The molecule has 2 amide bonds. The largest absolute Gasteiger partial charge is 0.416 e. The lowest BCUT2D eigenvalue weighted by molar-refractivity contribution is -0.137. The molecule has 0 unspecified atom stereocenters. The van der Waals surface area contributed by atoms with Gasteiger partial charge in [-0.3, -0.25) is 9.59 Å². The number of amides is 2. The third kappa shape index (κ3) is 3.97. The molecule has 1 aliphatic rings. The monoisotopic (exact) mass is 460 g/mol. The summed E-state index contributed by atoms with van der Waals surface area (Å²) in [7, 11) is 0. The number of imide groups is 1. The molecule has 32 heavy (non-hydrogen) atoms. The van der Waals surface area contributed by atoms with E-state index in [1.807, 2.05) is 0 Å². The number of halogens is 5. The van der Waals surface area contributed by atoms with Crippen LogP contribution in [0.3, 0.4) is 0 Å². The lowest BCUT2D eigenvalue weighted by Gasteiger charge is -2.17. The van der Waals surface area contributed by atoms with E-state index in [1.165, 1.54) is 36.4 Å². The van der Waals surface area contributed by atoms with Crippen LogP contribution in [0.1, 0.15) is 11.1 Å². The zero-order chi connectivity index (χ0) is 23.0. The summed E-state index contributed by atoms with van der Waals surface area (Å²) in [4.78, 5) is 27.3. The zero-order valence-electron chi connectivity index (χ0n) is 16.1. The molecule has 0 saturated heterocycles. The molecule has 0 atom stereocenters. The fourth-order valence-electron chi connectivity index (χ4n) is 3.30. The molecule has 0 spiro atoms. The number of rotatable bonds is 4. The summed E-state index contributed by atoms with van der Waals surface area (Å²) in [6.07, 6.45) is -4.59. The summed E-state index contributed by atoms with van der Waals surface area (Å²) >= 11 is 6.17. The van der Waals surface area contributed by atoms with Gasteiger partial charge in [-0.25, -0.2) is 9.29 Å². The van der Waals surface area contributed by atoms with Crippen LogP contribution in [0.5, 0.6) is 0 Å². The molecule has 4 nitrogen and oxygen atoms in total. The first kappa shape index (κ1) is 21.6. The van der Waals surface area contributed by atoms with Gasteiger partial charge in [0, 0.05) is 5.69 Å². The summed E-state index contributed by atoms with van der Waals surface area (Å²) < 4.78 is 52.7. The quantitative estimate of drug-likeness (QED) is 0.390. The van der Waals surface area contributed by atoms with Crippen LogP contribution in [0.15, 0.2) is 78.5 Å². The summed E-state index contributed by atoms with van der Waals surface area (Å²) in [5, 5.41) is 2.78. The van der Waals surface area contributed by atoms with Gasteiger partial charge in [0.25, 0.3) is 11.8 Å². The van der Waals surface area contributed by atoms with Crippen LogP contribution >= 0.6 is 11.6 Å². The molecule has 4 rings (SSSR count). The minimum absolute atomic E-state index is 0.0448. The van der Waals surface area contributed by atoms with Crippen molar-refractivity contribution >= 4 is 40.4 Å². The van der Waals surface area contributed by atoms with Gasteiger partial charge in [0.05, 0.1) is 21.8 Å². The summed E-state index contributed by atoms with van der Waals surface area (Å²) in [6.45, 7) is 0. The molecule has 1 heterocycles. The van der Waals surface area contributed by atoms with Crippen LogP contribution in [-0.4, -0.2) is 11.8 Å². The van der Waals surface area contributed by atoms with Crippen molar-refractivity contribution in [2.24, 2.45) is 0 Å². The highest BCUT2D eigenvalue weighted by Gasteiger charge is 2.41. The summed E-state index contributed by atoms with van der Waals surface area (Å²) in [5.41, 5.74) is -1.01. The van der Waals surface area contributed by atoms with Crippen molar-refractivity contribution in [1.29, 1.82) is 0 Å². The molecule has 162 valence electrons. The average molecular weight is 461 g/mol.